The third kappa shape index (κ3) is 8.27. The van der Waals surface area contributed by atoms with Crippen molar-refractivity contribution in [1.82, 2.24) is 10.6 Å². The third-order valence-corrected chi connectivity index (χ3v) is 4.12. The van der Waals surface area contributed by atoms with E-state index in [1.807, 2.05) is 25.1 Å². The molecule has 0 aliphatic heterocycles. The van der Waals surface area contributed by atoms with Crippen LogP contribution in [0.25, 0.3) is 0 Å². The highest BCUT2D eigenvalue weighted by Crippen LogP contribution is 2.30. The van der Waals surface area contributed by atoms with Crippen molar-refractivity contribution in [3.05, 3.63) is 47.5 Å². The molecule has 0 amide bonds. The number of aliphatic imine (C=N–C) groups is 1. The number of nitrogens with zero attached hydrogens (tertiary/aromatic N) is 1. The van der Waals surface area contributed by atoms with Gasteiger partial charge < -0.3 is 29.6 Å². The van der Waals surface area contributed by atoms with Crippen LogP contribution in [0.5, 0.6) is 23.0 Å². The molecule has 2 aromatic carbocycles. The Kier molecular flexibility index (Phi) is 11.8. The summed E-state index contributed by atoms with van der Waals surface area (Å²) in [5.74, 6) is 2.09. The van der Waals surface area contributed by atoms with Crippen molar-refractivity contribution in [3.8, 4) is 23.0 Å². The first-order chi connectivity index (χ1) is 14.5. The Bertz CT molecular complexity index is 853. The largest absolute Gasteiger partial charge is 0.493 e. The van der Waals surface area contributed by atoms with E-state index in [1.165, 1.54) is 13.2 Å². The van der Waals surface area contributed by atoms with Crippen molar-refractivity contribution in [2.45, 2.75) is 26.6 Å². The summed E-state index contributed by atoms with van der Waals surface area (Å²) in [7, 11) is 4.57. The lowest BCUT2D eigenvalue weighted by Crippen LogP contribution is -2.36. The van der Waals surface area contributed by atoms with Crippen molar-refractivity contribution in [3.63, 3.8) is 0 Å². The fraction of sp³-hybridized carbons (Fsp3) is 0.381. The normalized spacial score (nSPS) is 10.9. The maximum absolute atomic E-state index is 12.6. The van der Waals surface area contributed by atoms with Crippen LogP contribution in [0.1, 0.15) is 18.1 Å². The van der Waals surface area contributed by atoms with Gasteiger partial charge in [0.05, 0.1) is 27.9 Å². The second-order valence-electron chi connectivity index (χ2n) is 6.10. The Morgan fingerprint density at radius 3 is 2.03 bits per heavy atom. The van der Waals surface area contributed by atoms with Gasteiger partial charge in [-0.05, 0) is 42.3 Å². The number of halogens is 3. The minimum absolute atomic E-state index is 0. The highest BCUT2D eigenvalue weighted by Gasteiger charge is 2.11. The van der Waals surface area contributed by atoms with Crippen molar-refractivity contribution in [1.29, 1.82) is 0 Å². The van der Waals surface area contributed by atoms with Crippen LogP contribution in [0.2, 0.25) is 0 Å². The molecule has 0 saturated carbocycles. The predicted octanol–water partition coefficient (Wildman–Crippen LogP) is 4.19. The molecule has 0 aromatic heterocycles. The molecule has 0 aliphatic carbocycles. The molecule has 0 aliphatic rings. The molecule has 0 fully saturated rings. The molecule has 10 heteroatoms. The van der Waals surface area contributed by atoms with Crippen LogP contribution >= 0.6 is 24.0 Å². The predicted molar refractivity (Wildman–Crippen MR) is 126 cm³/mol. The van der Waals surface area contributed by atoms with E-state index in [0.29, 0.717) is 36.1 Å². The summed E-state index contributed by atoms with van der Waals surface area (Å²) in [6, 6.07) is 10.5. The molecular weight excluding hydrogens is 523 g/mol. The van der Waals surface area contributed by atoms with Crippen LogP contribution < -0.4 is 29.6 Å². The smallest absolute Gasteiger partial charge is 0.387 e. The molecule has 0 bridgehead atoms. The highest BCUT2D eigenvalue weighted by atomic mass is 127. The Morgan fingerprint density at radius 2 is 1.45 bits per heavy atom. The maximum atomic E-state index is 12.6. The molecule has 172 valence electrons. The number of rotatable bonds is 10. The van der Waals surface area contributed by atoms with Gasteiger partial charge in [-0.1, -0.05) is 12.1 Å². The second-order valence-corrected chi connectivity index (χ2v) is 6.10. The van der Waals surface area contributed by atoms with Gasteiger partial charge >= 0.3 is 6.61 Å². The van der Waals surface area contributed by atoms with Crippen LogP contribution in [0.15, 0.2) is 41.4 Å². The molecule has 2 N–H and O–H groups in total. The van der Waals surface area contributed by atoms with E-state index in [1.54, 1.807) is 26.4 Å². The van der Waals surface area contributed by atoms with Crippen LogP contribution in [0, 0.1) is 0 Å². The van der Waals surface area contributed by atoms with Gasteiger partial charge in [-0.2, -0.15) is 8.78 Å². The van der Waals surface area contributed by atoms with Gasteiger partial charge in [-0.25, -0.2) is 4.99 Å². The molecule has 0 radical (unpaired) electrons. The zero-order chi connectivity index (χ0) is 21.9. The highest BCUT2D eigenvalue weighted by molar-refractivity contribution is 14.0. The molecule has 0 heterocycles. The number of methoxy groups -OCH3 is 3. The van der Waals surface area contributed by atoms with Crippen LogP contribution in [-0.4, -0.2) is 40.4 Å². The standard InChI is InChI=1S/C21H27F2N3O4.HI/c1-5-24-21(25-12-14-6-8-16(27-2)18(10-14)29-4)26-13-15-7-9-17(28-3)19(11-15)30-20(22)23;/h6-11,20H,5,12-13H2,1-4H3,(H2,24,25,26);1H. The fourth-order valence-corrected chi connectivity index (χ4v) is 2.70. The monoisotopic (exact) mass is 551 g/mol. The number of alkyl halides is 2. The molecule has 0 saturated heterocycles. The Labute approximate surface area is 198 Å². The number of hydrogen-bond donors (Lipinski definition) is 2. The fourth-order valence-electron chi connectivity index (χ4n) is 2.70. The molecule has 0 unspecified atom stereocenters. The summed E-state index contributed by atoms with van der Waals surface area (Å²) in [6.07, 6.45) is 0. The molecule has 0 atom stereocenters. The molecule has 0 spiro atoms. The summed E-state index contributed by atoms with van der Waals surface area (Å²) in [5, 5.41) is 6.38. The first-order valence-electron chi connectivity index (χ1n) is 9.35. The van der Waals surface area contributed by atoms with E-state index in [4.69, 9.17) is 14.2 Å². The van der Waals surface area contributed by atoms with E-state index < -0.39 is 6.61 Å². The number of ether oxygens (including phenoxy) is 4. The summed E-state index contributed by atoms with van der Waals surface area (Å²) in [4.78, 5) is 4.51. The van der Waals surface area contributed by atoms with E-state index in [-0.39, 0.29) is 42.0 Å². The molecular formula is C21H28F2IN3O4. The maximum Gasteiger partial charge on any atom is 0.387 e. The van der Waals surface area contributed by atoms with Gasteiger partial charge in [0.1, 0.15) is 0 Å². The van der Waals surface area contributed by atoms with Gasteiger partial charge in [0, 0.05) is 13.1 Å². The van der Waals surface area contributed by atoms with Crippen molar-refractivity contribution in [2.24, 2.45) is 4.99 Å². The lowest BCUT2D eigenvalue weighted by molar-refractivity contribution is -0.0512. The summed E-state index contributed by atoms with van der Waals surface area (Å²) < 4.78 is 45.3. The molecule has 2 aromatic rings. The third-order valence-electron chi connectivity index (χ3n) is 4.12. The van der Waals surface area contributed by atoms with Crippen molar-refractivity contribution < 1.29 is 27.7 Å². The van der Waals surface area contributed by atoms with Crippen LogP contribution in [0.3, 0.4) is 0 Å². The van der Waals surface area contributed by atoms with E-state index in [9.17, 15) is 8.78 Å². The summed E-state index contributed by atoms with van der Waals surface area (Å²) >= 11 is 0. The van der Waals surface area contributed by atoms with Gasteiger partial charge in [-0.15, -0.1) is 24.0 Å². The summed E-state index contributed by atoms with van der Waals surface area (Å²) in [6.45, 7) is 0.466. The van der Waals surface area contributed by atoms with Gasteiger partial charge in [0.25, 0.3) is 0 Å². The quantitative estimate of drug-likeness (QED) is 0.262. The number of guanidine groups is 1. The lowest BCUT2D eigenvalue weighted by Gasteiger charge is -2.14. The number of benzene rings is 2. The van der Waals surface area contributed by atoms with E-state index >= 15 is 0 Å². The van der Waals surface area contributed by atoms with Crippen molar-refractivity contribution in [2.75, 3.05) is 27.9 Å². The number of nitrogens with one attached hydrogen (secondary N) is 2. The molecule has 7 nitrogen and oxygen atoms in total. The van der Waals surface area contributed by atoms with E-state index in [2.05, 4.69) is 20.4 Å². The zero-order valence-electron chi connectivity index (χ0n) is 17.9. The summed E-state index contributed by atoms with van der Waals surface area (Å²) in [5.41, 5.74) is 1.69. The van der Waals surface area contributed by atoms with Gasteiger partial charge in [-0.3, -0.25) is 0 Å². The SMILES string of the molecule is CCNC(=NCc1ccc(OC)c(OC(F)F)c1)NCc1ccc(OC)c(OC)c1.I. The Hall–Kier alpha value is -2.50. The minimum Gasteiger partial charge on any atom is -0.493 e. The number of hydrogen-bond acceptors (Lipinski definition) is 5. The average molecular weight is 551 g/mol. The van der Waals surface area contributed by atoms with Crippen LogP contribution in [-0.2, 0) is 13.1 Å². The molecule has 31 heavy (non-hydrogen) atoms. The van der Waals surface area contributed by atoms with Gasteiger partial charge in [0.2, 0.25) is 0 Å². The minimum atomic E-state index is -2.93. The lowest BCUT2D eigenvalue weighted by atomic mass is 10.2. The van der Waals surface area contributed by atoms with E-state index in [0.717, 1.165) is 5.56 Å². The average Bonchev–Trinajstić information content (AvgIpc) is 2.75. The molecule has 2 rings (SSSR count). The zero-order valence-corrected chi connectivity index (χ0v) is 20.2. The van der Waals surface area contributed by atoms with Gasteiger partial charge in [0.15, 0.2) is 29.0 Å². The van der Waals surface area contributed by atoms with Crippen molar-refractivity contribution >= 4 is 29.9 Å². The Balaban J connectivity index is 0.00000480. The second kappa shape index (κ2) is 13.7. The topological polar surface area (TPSA) is 73.3 Å². The first kappa shape index (κ1) is 26.5. The van der Waals surface area contributed by atoms with Crippen LogP contribution in [0.4, 0.5) is 8.78 Å². The Morgan fingerprint density at radius 1 is 0.871 bits per heavy atom. The first-order valence-corrected chi connectivity index (χ1v) is 9.35.